The van der Waals surface area contributed by atoms with Gasteiger partial charge in [-0.2, -0.15) is 0 Å². The Morgan fingerprint density at radius 1 is 1.15 bits per heavy atom. The van der Waals surface area contributed by atoms with E-state index >= 15 is 0 Å². The van der Waals surface area contributed by atoms with Crippen LogP contribution in [0.4, 0.5) is 0 Å². The van der Waals surface area contributed by atoms with Crippen molar-refractivity contribution in [3.63, 3.8) is 0 Å². The van der Waals surface area contributed by atoms with Crippen LogP contribution >= 0.6 is 0 Å². The molecule has 1 aliphatic rings. The largest absolute Gasteiger partial charge is 0.493 e. The highest BCUT2D eigenvalue weighted by Crippen LogP contribution is 2.34. The molecule has 6 heteroatoms. The van der Waals surface area contributed by atoms with E-state index in [1.54, 1.807) is 18.2 Å². The molecule has 2 N–H and O–H groups in total. The average Bonchev–Trinajstić information content (AvgIpc) is 3.16. The third kappa shape index (κ3) is 3.79. The highest BCUT2D eigenvalue weighted by Gasteiger charge is 2.30. The van der Waals surface area contributed by atoms with Gasteiger partial charge in [-0.25, -0.2) is 0 Å². The van der Waals surface area contributed by atoms with Gasteiger partial charge >= 0.3 is 0 Å². The van der Waals surface area contributed by atoms with Crippen molar-refractivity contribution in [3.05, 3.63) is 59.7 Å². The van der Waals surface area contributed by atoms with Crippen LogP contribution in [0.2, 0.25) is 0 Å². The topological polar surface area (TPSA) is 81.9 Å². The fourth-order valence-electron chi connectivity index (χ4n) is 3.27. The normalized spacial score (nSPS) is 16.3. The summed E-state index contributed by atoms with van der Waals surface area (Å²) < 4.78 is 10.6. The number of nitrogens with zero attached hydrogens (tertiary/aromatic N) is 1. The van der Waals surface area contributed by atoms with Gasteiger partial charge in [-0.3, -0.25) is 9.59 Å². The summed E-state index contributed by atoms with van der Waals surface area (Å²) in [7, 11) is 1.49. The van der Waals surface area contributed by atoms with Crippen molar-refractivity contribution >= 4 is 11.8 Å². The van der Waals surface area contributed by atoms with Crippen molar-refractivity contribution in [3.8, 4) is 11.5 Å². The van der Waals surface area contributed by atoms with Crippen LogP contribution in [0.15, 0.2) is 48.5 Å². The molecule has 1 heterocycles. The summed E-state index contributed by atoms with van der Waals surface area (Å²) in [6, 6.07) is 15.1. The highest BCUT2D eigenvalue weighted by atomic mass is 16.5. The predicted molar refractivity (Wildman–Crippen MR) is 97.1 cm³/mol. The van der Waals surface area contributed by atoms with Crippen molar-refractivity contribution in [2.75, 3.05) is 20.3 Å². The first kappa shape index (κ1) is 17.8. The molecule has 1 aliphatic heterocycles. The number of amides is 2. The van der Waals surface area contributed by atoms with Gasteiger partial charge in [0, 0.05) is 12.1 Å². The van der Waals surface area contributed by atoms with E-state index in [4.69, 9.17) is 15.2 Å². The van der Waals surface area contributed by atoms with Gasteiger partial charge in [0.25, 0.3) is 11.8 Å². The molecule has 1 unspecified atom stereocenters. The molecule has 2 aromatic rings. The summed E-state index contributed by atoms with van der Waals surface area (Å²) in [5.74, 6) is 0.155. The van der Waals surface area contributed by atoms with Crippen LogP contribution in [0.5, 0.6) is 11.5 Å². The standard InChI is InChI=1S/C20H22N2O4/c1-25-18-12-15(9-10-17(18)26-13-19(21)23)20(24)22-11-5-8-16(22)14-6-3-2-4-7-14/h2-4,6-7,9-10,12,16H,5,8,11,13H2,1H3,(H2,21,23). The van der Waals surface area contributed by atoms with Gasteiger partial charge in [-0.05, 0) is 36.6 Å². The number of methoxy groups -OCH3 is 1. The minimum Gasteiger partial charge on any atom is -0.493 e. The van der Waals surface area contributed by atoms with Gasteiger partial charge in [0.1, 0.15) is 0 Å². The Morgan fingerprint density at radius 3 is 2.62 bits per heavy atom. The molecule has 0 spiro atoms. The van der Waals surface area contributed by atoms with Crippen molar-refractivity contribution in [1.29, 1.82) is 0 Å². The second kappa shape index (κ2) is 7.91. The zero-order chi connectivity index (χ0) is 18.5. The summed E-state index contributed by atoms with van der Waals surface area (Å²) in [6.45, 7) is 0.479. The first-order valence-electron chi connectivity index (χ1n) is 8.55. The van der Waals surface area contributed by atoms with Crippen molar-refractivity contribution in [1.82, 2.24) is 4.90 Å². The molecule has 1 saturated heterocycles. The number of rotatable bonds is 6. The van der Waals surface area contributed by atoms with Crippen molar-refractivity contribution < 1.29 is 19.1 Å². The fourth-order valence-corrected chi connectivity index (χ4v) is 3.27. The average molecular weight is 354 g/mol. The number of benzene rings is 2. The number of nitrogens with two attached hydrogens (primary N) is 1. The van der Waals surface area contributed by atoms with Crippen LogP contribution in [0.3, 0.4) is 0 Å². The second-order valence-electron chi connectivity index (χ2n) is 6.19. The Balaban J connectivity index is 1.81. The molecule has 2 amide bonds. The van der Waals surface area contributed by atoms with Gasteiger partial charge in [0.2, 0.25) is 0 Å². The molecule has 0 saturated carbocycles. The van der Waals surface area contributed by atoms with E-state index < -0.39 is 5.91 Å². The van der Waals surface area contributed by atoms with E-state index in [0.29, 0.717) is 17.1 Å². The maximum atomic E-state index is 13.0. The lowest BCUT2D eigenvalue weighted by atomic mass is 10.0. The lowest BCUT2D eigenvalue weighted by Crippen LogP contribution is -2.30. The molecular formula is C20H22N2O4. The Morgan fingerprint density at radius 2 is 1.92 bits per heavy atom. The third-order valence-corrected chi connectivity index (χ3v) is 4.48. The zero-order valence-electron chi connectivity index (χ0n) is 14.7. The number of carbonyl (C=O) groups is 2. The smallest absolute Gasteiger partial charge is 0.255 e. The molecule has 6 nitrogen and oxygen atoms in total. The second-order valence-corrected chi connectivity index (χ2v) is 6.19. The maximum Gasteiger partial charge on any atom is 0.255 e. The molecule has 1 atom stereocenters. The van der Waals surface area contributed by atoms with Gasteiger partial charge in [0.05, 0.1) is 13.2 Å². The first-order valence-corrected chi connectivity index (χ1v) is 8.55. The van der Waals surface area contributed by atoms with E-state index in [0.717, 1.165) is 24.9 Å². The summed E-state index contributed by atoms with van der Waals surface area (Å²) in [6.07, 6.45) is 1.93. The summed E-state index contributed by atoms with van der Waals surface area (Å²) >= 11 is 0. The molecule has 0 aromatic heterocycles. The minimum atomic E-state index is -0.574. The Labute approximate surface area is 152 Å². The van der Waals surface area contributed by atoms with Crippen LogP contribution < -0.4 is 15.2 Å². The molecular weight excluding hydrogens is 332 g/mol. The Bertz CT molecular complexity index is 792. The molecule has 136 valence electrons. The van der Waals surface area contributed by atoms with Crippen molar-refractivity contribution in [2.45, 2.75) is 18.9 Å². The first-order chi connectivity index (χ1) is 12.6. The maximum absolute atomic E-state index is 13.0. The third-order valence-electron chi connectivity index (χ3n) is 4.48. The van der Waals surface area contributed by atoms with E-state index in [-0.39, 0.29) is 18.6 Å². The SMILES string of the molecule is COc1cc(C(=O)N2CCCC2c2ccccc2)ccc1OCC(N)=O. The molecule has 1 fully saturated rings. The molecule has 2 aromatic carbocycles. The van der Waals surface area contributed by atoms with E-state index in [2.05, 4.69) is 12.1 Å². The lowest BCUT2D eigenvalue weighted by Gasteiger charge is -2.25. The summed E-state index contributed by atoms with van der Waals surface area (Å²) in [4.78, 5) is 25.8. The number of carbonyl (C=O) groups excluding carboxylic acids is 2. The molecule has 0 aliphatic carbocycles. The Hall–Kier alpha value is -3.02. The highest BCUT2D eigenvalue weighted by molar-refractivity contribution is 5.95. The van der Waals surface area contributed by atoms with Crippen LogP contribution in [0.25, 0.3) is 0 Å². The lowest BCUT2D eigenvalue weighted by molar-refractivity contribution is -0.119. The summed E-state index contributed by atoms with van der Waals surface area (Å²) in [5.41, 5.74) is 6.77. The van der Waals surface area contributed by atoms with Gasteiger partial charge < -0.3 is 20.1 Å². The minimum absolute atomic E-state index is 0.0453. The van der Waals surface area contributed by atoms with Gasteiger partial charge in [0.15, 0.2) is 18.1 Å². The predicted octanol–water partition coefficient (Wildman–Crippen LogP) is 2.54. The monoisotopic (exact) mass is 354 g/mol. The summed E-state index contributed by atoms with van der Waals surface area (Å²) in [5, 5.41) is 0. The van der Waals surface area contributed by atoms with E-state index in [1.807, 2.05) is 23.1 Å². The number of hydrogen-bond acceptors (Lipinski definition) is 4. The number of hydrogen-bond donors (Lipinski definition) is 1. The van der Waals surface area contributed by atoms with E-state index in [1.165, 1.54) is 7.11 Å². The van der Waals surface area contributed by atoms with Crippen molar-refractivity contribution in [2.24, 2.45) is 5.73 Å². The zero-order valence-corrected chi connectivity index (χ0v) is 14.7. The fraction of sp³-hybridized carbons (Fsp3) is 0.300. The molecule has 3 rings (SSSR count). The molecule has 0 radical (unpaired) electrons. The quantitative estimate of drug-likeness (QED) is 0.864. The van der Waals surface area contributed by atoms with Crippen LogP contribution in [0, 0.1) is 0 Å². The van der Waals surface area contributed by atoms with Crippen LogP contribution in [-0.4, -0.2) is 37.0 Å². The van der Waals surface area contributed by atoms with Gasteiger partial charge in [-0.15, -0.1) is 0 Å². The molecule has 0 bridgehead atoms. The van der Waals surface area contributed by atoms with E-state index in [9.17, 15) is 9.59 Å². The number of primary amides is 1. The van der Waals surface area contributed by atoms with Crippen LogP contribution in [0.1, 0.15) is 34.8 Å². The van der Waals surface area contributed by atoms with Gasteiger partial charge in [-0.1, -0.05) is 30.3 Å². The number of ether oxygens (including phenoxy) is 2. The molecule has 26 heavy (non-hydrogen) atoms. The Kier molecular flexibility index (Phi) is 5.41. The van der Waals surface area contributed by atoms with Crippen LogP contribution in [-0.2, 0) is 4.79 Å². The number of likely N-dealkylation sites (tertiary alicyclic amines) is 1.